The van der Waals surface area contributed by atoms with Gasteiger partial charge in [0.25, 0.3) is 0 Å². The lowest BCUT2D eigenvalue weighted by Crippen LogP contribution is -2.25. The Bertz CT molecular complexity index is 504. The van der Waals surface area contributed by atoms with Crippen molar-refractivity contribution in [1.82, 2.24) is 0 Å². The van der Waals surface area contributed by atoms with Crippen LogP contribution in [0, 0.1) is 0 Å². The predicted octanol–water partition coefficient (Wildman–Crippen LogP) is 1.74. The Labute approximate surface area is 101 Å². The van der Waals surface area contributed by atoms with Crippen molar-refractivity contribution in [2.24, 2.45) is 0 Å². The Morgan fingerprint density at radius 1 is 0.941 bits per heavy atom. The number of benzene rings is 2. The fourth-order valence-electron chi connectivity index (χ4n) is 1.67. The maximum atomic E-state index is 12.1. The molecule has 84 valence electrons. The summed E-state index contributed by atoms with van der Waals surface area (Å²) in [7, 11) is 0. The van der Waals surface area contributed by atoms with Gasteiger partial charge in [-0.05, 0) is 5.46 Å². The van der Waals surface area contributed by atoms with Crippen LogP contribution in [0.15, 0.2) is 54.6 Å². The van der Waals surface area contributed by atoms with Crippen LogP contribution in [0.4, 0.5) is 0 Å². The van der Waals surface area contributed by atoms with Gasteiger partial charge in [0.1, 0.15) is 0 Å². The Morgan fingerprint density at radius 3 is 2.00 bits per heavy atom. The summed E-state index contributed by atoms with van der Waals surface area (Å²) < 4.78 is 0. The highest BCUT2D eigenvalue weighted by molar-refractivity contribution is 6.64. The van der Waals surface area contributed by atoms with Gasteiger partial charge in [-0.2, -0.15) is 0 Å². The quantitative estimate of drug-likeness (QED) is 0.636. The summed E-state index contributed by atoms with van der Waals surface area (Å²) in [5.41, 5.74) is 2.13. The van der Waals surface area contributed by atoms with Crippen molar-refractivity contribution in [3.63, 3.8) is 0 Å². The molecule has 0 saturated heterocycles. The zero-order valence-electron chi connectivity index (χ0n) is 9.63. The van der Waals surface area contributed by atoms with Crippen LogP contribution in [0.2, 0.25) is 6.82 Å². The molecule has 2 nitrogen and oxygen atoms in total. The minimum absolute atomic E-state index is 0.00254. The highest BCUT2D eigenvalue weighted by atomic mass is 16.2. The summed E-state index contributed by atoms with van der Waals surface area (Å²) in [6.45, 7) is 1.20. The third kappa shape index (κ3) is 2.63. The summed E-state index contributed by atoms with van der Waals surface area (Å²) in [6.07, 6.45) is 0. The van der Waals surface area contributed by atoms with Crippen molar-refractivity contribution in [3.05, 3.63) is 65.7 Å². The van der Waals surface area contributed by atoms with Gasteiger partial charge in [-0.1, -0.05) is 61.4 Å². The van der Waals surface area contributed by atoms with E-state index in [9.17, 15) is 9.82 Å². The third-order valence-electron chi connectivity index (χ3n) is 2.69. The number of hydrogen-bond donors (Lipinski definition) is 1. The normalized spacial score (nSPS) is 10.0. The molecule has 0 heterocycles. The zero-order chi connectivity index (χ0) is 12.3. The van der Waals surface area contributed by atoms with Crippen LogP contribution >= 0.6 is 0 Å². The van der Waals surface area contributed by atoms with Gasteiger partial charge in [-0.15, -0.1) is 0 Å². The second kappa shape index (κ2) is 4.98. The van der Waals surface area contributed by atoms with Gasteiger partial charge in [0.2, 0.25) is 0 Å². The molecule has 0 aliphatic rings. The van der Waals surface area contributed by atoms with Crippen molar-refractivity contribution in [2.45, 2.75) is 6.82 Å². The molecule has 0 aliphatic carbocycles. The van der Waals surface area contributed by atoms with Gasteiger partial charge in [-0.3, -0.25) is 4.79 Å². The first kappa shape index (κ1) is 11.6. The first-order valence-electron chi connectivity index (χ1n) is 5.56. The molecule has 0 atom stereocenters. The van der Waals surface area contributed by atoms with E-state index in [1.54, 1.807) is 43.2 Å². The van der Waals surface area contributed by atoms with Gasteiger partial charge >= 0.3 is 6.92 Å². The molecule has 0 amide bonds. The standard InChI is InChI=1S/C14H13BO2/c1-15(17)13-9-7-12(8-10-13)14(16)11-5-3-2-4-6-11/h2-10,17H,1H3. The van der Waals surface area contributed by atoms with E-state index in [0.29, 0.717) is 11.1 Å². The summed E-state index contributed by atoms with van der Waals surface area (Å²) in [5, 5.41) is 9.39. The van der Waals surface area contributed by atoms with Crippen LogP contribution < -0.4 is 5.46 Å². The van der Waals surface area contributed by atoms with E-state index in [0.717, 1.165) is 5.46 Å². The Morgan fingerprint density at radius 2 is 1.47 bits per heavy atom. The molecule has 2 aromatic carbocycles. The van der Waals surface area contributed by atoms with Gasteiger partial charge < -0.3 is 5.02 Å². The highest BCUT2D eigenvalue weighted by Gasteiger charge is 2.10. The van der Waals surface area contributed by atoms with Gasteiger partial charge in [0.15, 0.2) is 5.78 Å². The van der Waals surface area contributed by atoms with Crippen LogP contribution in [0.5, 0.6) is 0 Å². The lowest BCUT2D eigenvalue weighted by atomic mass is 9.64. The van der Waals surface area contributed by atoms with Gasteiger partial charge in [-0.25, -0.2) is 0 Å². The second-order valence-corrected chi connectivity index (χ2v) is 3.99. The molecule has 0 spiro atoms. The highest BCUT2D eigenvalue weighted by Crippen LogP contribution is 2.08. The van der Waals surface area contributed by atoms with Crippen molar-refractivity contribution < 1.29 is 9.82 Å². The van der Waals surface area contributed by atoms with Crippen molar-refractivity contribution in [1.29, 1.82) is 0 Å². The summed E-state index contributed by atoms with van der Waals surface area (Å²) in [4.78, 5) is 12.1. The molecule has 1 N–H and O–H groups in total. The van der Waals surface area contributed by atoms with Crippen LogP contribution in [0.25, 0.3) is 0 Å². The van der Waals surface area contributed by atoms with E-state index in [1.165, 1.54) is 0 Å². The molecular formula is C14H13BO2. The van der Waals surface area contributed by atoms with Crippen LogP contribution in [-0.2, 0) is 0 Å². The lowest BCUT2D eigenvalue weighted by molar-refractivity contribution is 0.103. The largest absolute Gasteiger partial charge is 0.447 e. The van der Waals surface area contributed by atoms with E-state index in [1.807, 2.05) is 18.2 Å². The lowest BCUT2D eigenvalue weighted by Gasteiger charge is -2.03. The topological polar surface area (TPSA) is 37.3 Å². The molecule has 0 aromatic heterocycles. The molecule has 0 bridgehead atoms. The zero-order valence-corrected chi connectivity index (χ0v) is 9.63. The number of carbonyl (C=O) groups excluding carboxylic acids is 1. The van der Waals surface area contributed by atoms with Crippen LogP contribution in [0.1, 0.15) is 15.9 Å². The van der Waals surface area contributed by atoms with E-state index in [-0.39, 0.29) is 5.78 Å². The van der Waals surface area contributed by atoms with Gasteiger partial charge in [0, 0.05) is 11.1 Å². The molecule has 2 rings (SSSR count). The molecule has 0 aliphatic heterocycles. The minimum atomic E-state index is -0.504. The Hall–Kier alpha value is -1.87. The first-order valence-corrected chi connectivity index (χ1v) is 5.56. The molecule has 0 radical (unpaired) electrons. The Kier molecular flexibility index (Phi) is 3.40. The number of hydrogen-bond acceptors (Lipinski definition) is 2. The third-order valence-corrected chi connectivity index (χ3v) is 2.69. The van der Waals surface area contributed by atoms with Crippen molar-refractivity contribution in [2.75, 3.05) is 0 Å². The minimum Gasteiger partial charge on any atom is -0.447 e. The summed E-state index contributed by atoms with van der Waals surface area (Å²) in [5.74, 6) is 0.00254. The number of ketones is 1. The fraction of sp³-hybridized carbons (Fsp3) is 0.0714. The van der Waals surface area contributed by atoms with E-state index < -0.39 is 6.92 Å². The number of carbonyl (C=O) groups is 1. The predicted molar refractivity (Wildman–Crippen MR) is 69.8 cm³/mol. The molecule has 2 aromatic rings. The fourth-order valence-corrected chi connectivity index (χ4v) is 1.67. The smallest absolute Gasteiger partial charge is 0.320 e. The SMILES string of the molecule is CB(O)c1ccc(C(=O)c2ccccc2)cc1. The molecular weight excluding hydrogens is 211 g/mol. The van der Waals surface area contributed by atoms with Crippen molar-refractivity contribution in [3.8, 4) is 0 Å². The Balaban J connectivity index is 2.27. The van der Waals surface area contributed by atoms with E-state index >= 15 is 0 Å². The molecule has 3 heteroatoms. The number of rotatable bonds is 3. The van der Waals surface area contributed by atoms with Gasteiger partial charge in [0.05, 0.1) is 0 Å². The molecule has 0 unspecified atom stereocenters. The second-order valence-electron chi connectivity index (χ2n) is 3.99. The average molecular weight is 224 g/mol. The van der Waals surface area contributed by atoms with E-state index in [4.69, 9.17) is 0 Å². The maximum Gasteiger partial charge on any atom is 0.320 e. The summed E-state index contributed by atoms with van der Waals surface area (Å²) >= 11 is 0. The molecule has 17 heavy (non-hydrogen) atoms. The molecule has 0 fully saturated rings. The van der Waals surface area contributed by atoms with Crippen LogP contribution in [0.3, 0.4) is 0 Å². The molecule has 0 saturated carbocycles. The van der Waals surface area contributed by atoms with Crippen molar-refractivity contribution >= 4 is 18.2 Å². The summed E-state index contributed by atoms with van der Waals surface area (Å²) in [6, 6.07) is 16.2. The first-order chi connectivity index (χ1) is 8.18. The van der Waals surface area contributed by atoms with Crippen LogP contribution in [-0.4, -0.2) is 17.7 Å². The average Bonchev–Trinajstić information content (AvgIpc) is 2.39. The van der Waals surface area contributed by atoms with E-state index in [2.05, 4.69) is 0 Å². The maximum absolute atomic E-state index is 12.1. The monoisotopic (exact) mass is 224 g/mol.